The molecule has 7 heteroatoms. The third-order valence-electron chi connectivity index (χ3n) is 4.00. The van der Waals surface area contributed by atoms with Gasteiger partial charge in [0.05, 0.1) is 6.10 Å². The maximum Gasteiger partial charge on any atom is 0.329 e. The van der Waals surface area contributed by atoms with Crippen molar-refractivity contribution in [3.05, 3.63) is 23.9 Å². The van der Waals surface area contributed by atoms with Crippen molar-refractivity contribution in [2.45, 2.75) is 44.8 Å². The van der Waals surface area contributed by atoms with Crippen LogP contribution < -0.4 is 10.1 Å². The molecule has 1 atom stereocenters. The lowest BCUT2D eigenvalue weighted by molar-refractivity contribution is -0.144. The first-order valence-corrected chi connectivity index (χ1v) is 8.88. The number of carbonyl (C=O) groups excluding carboxylic acids is 1. The van der Waals surface area contributed by atoms with Gasteiger partial charge in [-0.15, -0.1) is 0 Å². The summed E-state index contributed by atoms with van der Waals surface area (Å²) in [5.41, 5.74) is -0.819. The zero-order chi connectivity index (χ0) is 16.9. The molecule has 23 heavy (non-hydrogen) atoms. The van der Waals surface area contributed by atoms with Gasteiger partial charge in [-0.2, -0.15) is 11.8 Å². The molecule has 2 heterocycles. The first-order chi connectivity index (χ1) is 11.0. The van der Waals surface area contributed by atoms with E-state index in [0.29, 0.717) is 24.3 Å². The Kier molecular flexibility index (Phi) is 5.87. The van der Waals surface area contributed by atoms with E-state index in [1.165, 1.54) is 6.20 Å². The summed E-state index contributed by atoms with van der Waals surface area (Å²) in [7, 11) is 0. The average Bonchev–Trinajstić information content (AvgIpc) is 2.55. The van der Waals surface area contributed by atoms with Crippen LogP contribution in [0.3, 0.4) is 0 Å². The van der Waals surface area contributed by atoms with Crippen LogP contribution >= 0.6 is 11.8 Å². The van der Waals surface area contributed by atoms with E-state index < -0.39 is 17.4 Å². The van der Waals surface area contributed by atoms with E-state index in [4.69, 9.17) is 4.74 Å². The van der Waals surface area contributed by atoms with Crippen LogP contribution in [0.1, 0.15) is 43.5 Å². The second-order valence-electron chi connectivity index (χ2n) is 5.67. The molecule has 1 saturated heterocycles. The van der Waals surface area contributed by atoms with E-state index in [-0.39, 0.29) is 6.10 Å². The maximum atomic E-state index is 12.5. The fraction of sp³-hybridized carbons (Fsp3) is 0.562. The minimum atomic E-state index is -1.18. The summed E-state index contributed by atoms with van der Waals surface area (Å²) in [6, 6.07) is 3.11. The molecule has 1 amide bonds. The molecule has 126 valence electrons. The molecule has 0 bridgehead atoms. The Morgan fingerprint density at radius 1 is 1.48 bits per heavy atom. The number of hydrogen-bond acceptors (Lipinski definition) is 5. The predicted octanol–water partition coefficient (Wildman–Crippen LogP) is 2.34. The van der Waals surface area contributed by atoms with Gasteiger partial charge in [0.2, 0.25) is 5.88 Å². The van der Waals surface area contributed by atoms with Gasteiger partial charge in [-0.3, -0.25) is 4.79 Å². The van der Waals surface area contributed by atoms with Crippen LogP contribution in [0.4, 0.5) is 0 Å². The molecule has 0 aliphatic carbocycles. The Labute approximate surface area is 140 Å². The summed E-state index contributed by atoms with van der Waals surface area (Å²) in [4.78, 5) is 28.2. The molecule has 1 aliphatic heterocycles. The highest BCUT2D eigenvalue weighted by Gasteiger charge is 2.41. The van der Waals surface area contributed by atoms with Crippen molar-refractivity contribution in [1.82, 2.24) is 10.3 Å². The number of rotatable bonds is 6. The van der Waals surface area contributed by atoms with E-state index >= 15 is 0 Å². The van der Waals surface area contributed by atoms with Crippen LogP contribution in [0.25, 0.3) is 0 Å². The number of ether oxygens (including phenoxy) is 1. The van der Waals surface area contributed by atoms with Crippen LogP contribution in [0.2, 0.25) is 0 Å². The van der Waals surface area contributed by atoms with Gasteiger partial charge in [0.1, 0.15) is 5.54 Å². The summed E-state index contributed by atoms with van der Waals surface area (Å²) in [6.45, 7) is 3.92. The summed E-state index contributed by atoms with van der Waals surface area (Å²) in [6.07, 6.45) is 3.19. The highest BCUT2D eigenvalue weighted by atomic mass is 32.2. The Hall–Kier alpha value is -1.76. The lowest BCUT2D eigenvalue weighted by Gasteiger charge is -2.33. The van der Waals surface area contributed by atoms with E-state index in [1.54, 1.807) is 23.9 Å². The van der Waals surface area contributed by atoms with E-state index in [0.717, 1.165) is 17.9 Å². The highest BCUT2D eigenvalue weighted by molar-refractivity contribution is 7.99. The molecule has 1 aromatic rings. The molecular weight excluding hydrogens is 316 g/mol. The second kappa shape index (κ2) is 7.68. The summed E-state index contributed by atoms with van der Waals surface area (Å²) in [5.74, 6) is 0.443. The van der Waals surface area contributed by atoms with Crippen molar-refractivity contribution in [1.29, 1.82) is 0 Å². The standard InChI is InChI=1S/C16H22N2O4S/c1-3-11(2)22-13-10-12(4-7-17-13)14(19)18-16(15(20)21)5-8-23-9-6-16/h4,7,10-11H,3,5-6,8-9H2,1-2H3,(H,18,19)(H,20,21). The van der Waals surface area contributed by atoms with Crippen molar-refractivity contribution in [2.75, 3.05) is 11.5 Å². The number of aliphatic carboxylic acids is 1. The van der Waals surface area contributed by atoms with Crippen molar-refractivity contribution in [2.24, 2.45) is 0 Å². The van der Waals surface area contributed by atoms with Crippen LogP contribution in [-0.4, -0.2) is 45.1 Å². The number of thioether (sulfide) groups is 1. The van der Waals surface area contributed by atoms with Crippen molar-refractivity contribution in [3.63, 3.8) is 0 Å². The normalized spacial score (nSPS) is 18.0. The summed E-state index contributed by atoms with van der Waals surface area (Å²) >= 11 is 1.70. The smallest absolute Gasteiger partial charge is 0.329 e. The molecule has 1 aromatic heterocycles. The second-order valence-corrected chi connectivity index (χ2v) is 6.90. The monoisotopic (exact) mass is 338 g/mol. The summed E-state index contributed by atoms with van der Waals surface area (Å²) < 4.78 is 5.61. The first kappa shape index (κ1) is 17.6. The molecular formula is C16H22N2O4S. The highest BCUT2D eigenvalue weighted by Crippen LogP contribution is 2.28. The van der Waals surface area contributed by atoms with Gasteiger partial charge in [0.25, 0.3) is 5.91 Å². The Balaban J connectivity index is 2.13. The number of carbonyl (C=O) groups is 2. The molecule has 6 nitrogen and oxygen atoms in total. The maximum absolute atomic E-state index is 12.5. The molecule has 2 rings (SSSR count). The van der Waals surface area contributed by atoms with E-state index in [9.17, 15) is 14.7 Å². The molecule has 0 radical (unpaired) electrons. The van der Waals surface area contributed by atoms with Gasteiger partial charge >= 0.3 is 5.97 Å². The van der Waals surface area contributed by atoms with Gasteiger partial charge in [-0.05, 0) is 43.8 Å². The van der Waals surface area contributed by atoms with Gasteiger partial charge in [0.15, 0.2) is 0 Å². The minimum absolute atomic E-state index is 0.00143. The number of amides is 1. The lowest BCUT2D eigenvalue weighted by Crippen LogP contribution is -2.56. The third kappa shape index (κ3) is 4.37. The molecule has 1 aliphatic rings. The number of nitrogens with zero attached hydrogens (tertiary/aromatic N) is 1. The first-order valence-electron chi connectivity index (χ1n) is 7.73. The van der Waals surface area contributed by atoms with E-state index in [1.807, 2.05) is 13.8 Å². The average molecular weight is 338 g/mol. The fourth-order valence-electron chi connectivity index (χ4n) is 2.31. The molecule has 1 unspecified atom stereocenters. The fourth-order valence-corrected chi connectivity index (χ4v) is 3.50. The van der Waals surface area contributed by atoms with Crippen molar-refractivity contribution in [3.8, 4) is 5.88 Å². The van der Waals surface area contributed by atoms with Crippen molar-refractivity contribution >= 4 is 23.6 Å². The summed E-state index contributed by atoms with van der Waals surface area (Å²) in [5, 5.41) is 12.2. The van der Waals surface area contributed by atoms with Gasteiger partial charge in [-0.1, -0.05) is 6.92 Å². The van der Waals surface area contributed by atoms with Gasteiger partial charge in [-0.25, -0.2) is 9.78 Å². The third-order valence-corrected chi connectivity index (χ3v) is 4.99. The Morgan fingerprint density at radius 2 is 2.17 bits per heavy atom. The molecule has 0 saturated carbocycles. The molecule has 1 fully saturated rings. The Bertz CT molecular complexity index is 573. The molecule has 0 aromatic carbocycles. The number of nitrogens with one attached hydrogen (secondary N) is 1. The van der Waals surface area contributed by atoms with Crippen LogP contribution in [0.15, 0.2) is 18.3 Å². The van der Waals surface area contributed by atoms with Crippen LogP contribution in [0.5, 0.6) is 5.88 Å². The lowest BCUT2D eigenvalue weighted by atomic mass is 9.92. The predicted molar refractivity (Wildman–Crippen MR) is 89.0 cm³/mol. The number of carboxylic acid groups (broad SMARTS) is 1. The number of aromatic nitrogens is 1. The van der Waals surface area contributed by atoms with Crippen LogP contribution in [0, 0.1) is 0 Å². The topological polar surface area (TPSA) is 88.5 Å². The Morgan fingerprint density at radius 3 is 2.78 bits per heavy atom. The number of hydrogen-bond donors (Lipinski definition) is 2. The zero-order valence-corrected chi connectivity index (χ0v) is 14.2. The number of carboxylic acids is 1. The quantitative estimate of drug-likeness (QED) is 0.828. The van der Waals surface area contributed by atoms with E-state index in [2.05, 4.69) is 10.3 Å². The number of pyridine rings is 1. The minimum Gasteiger partial charge on any atom is -0.480 e. The van der Waals surface area contributed by atoms with Gasteiger partial charge < -0.3 is 15.2 Å². The zero-order valence-electron chi connectivity index (χ0n) is 13.4. The van der Waals surface area contributed by atoms with Crippen molar-refractivity contribution < 1.29 is 19.4 Å². The molecule has 2 N–H and O–H groups in total. The molecule has 0 spiro atoms. The SMILES string of the molecule is CCC(C)Oc1cc(C(=O)NC2(C(=O)O)CCSCC2)ccn1. The largest absolute Gasteiger partial charge is 0.480 e. The van der Waals surface area contributed by atoms with Gasteiger partial charge in [0, 0.05) is 17.8 Å². The van der Waals surface area contributed by atoms with Crippen LogP contribution in [-0.2, 0) is 4.79 Å².